The van der Waals surface area contributed by atoms with Crippen molar-refractivity contribution in [1.82, 2.24) is 0 Å². The molecule has 0 saturated heterocycles. The summed E-state index contributed by atoms with van der Waals surface area (Å²) in [5.41, 5.74) is 6.42. The van der Waals surface area contributed by atoms with Gasteiger partial charge in [0.2, 0.25) is 5.91 Å². The van der Waals surface area contributed by atoms with Crippen molar-refractivity contribution in [2.24, 2.45) is 11.7 Å². The van der Waals surface area contributed by atoms with Gasteiger partial charge >= 0.3 is 5.97 Å². The molecule has 1 aromatic carbocycles. The van der Waals surface area contributed by atoms with Crippen molar-refractivity contribution >= 4 is 17.6 Å². The van der Waals surface area contributed by atoms with E-state index < -0.39 is 5.97 Å². The maximum Gasteiger partial charge on any atom is 0.338 e. The number of amides is 1. The van der Waals surface area contributed by atoms with Crippen LogP contribution in [0.5, 0.6) is 0 Å². The molecule has 0 bridgehead atoms. The van der Waals surface area contributed by atoms with Crippen molar-refractivity contribution in [2.45, 2.75) is 20.3 Å². The Morgan fingerprint density at radius 1 is 1.42 bits per heavy atom. The van der Waals surface area contributed by atoms with E-state index in [0.717, 1.165) is 0 Å². The molecular formula is C14H20N2O3. The molecule has 0 saturated carbocycles. The summed E-state index contributed by atoms with van der Waals surface area (Å²) in [6.07, 6.45) is 0.628. The summed E-state index contributed by atoms with van der Waals surface area (Å²) in [6, 6.07) is 6.69. The summed E-state index contributed by atoms with van der Waals surface area (Å²) in [5.74, 6) is -0.656. The van der Waals surface area contributed by atoms with E-state index in [-0.39, 0.29) is 11.8 Å². The van der Waals surface area contributed by atoms with E-state index in [1.165, 1.54) is 0 Å². The van der Waals surface area contributed by atoms with E-state index in [9.17, 15) is 9.59 Å². The molecule has 1 aromatic rings. The lowest BCUT2D eigenvalue weighted by Gasteiger charge is -2.11. The van der Waals surface area contributed by atoms with Gasteiger partial charge < -0.3 is 15.8 Å². The van der Waals surface area contributed by atoms with Gasteiger partial charge in [-0.05, 0) is 38.1 Å². The molecule has 0 radical (unpaired) electrons. The van der Waals surface area contributed by atoms with Crippen molar-refractivity contribution in [1.29, 1.82) is 0 Å². The van der Waals surface area contributed by atoms with Gasteiger partial charge in [-0.1, -0.05) is 13.0 Å². The van der Waals surface area contributed by atoms with Gasteiger partial charge in [-0.3, -0.25) is 4.79 Å². The predicted molar refractivity (Wildman–Crippen MR) is 73.9 cm³/mol. The van der Waals surface area contributed by atoms with Gasteiger partial charge in [-0.15, -0.1) is 0 Å². The van der Waals surface area contributed by atoms with E-state index in [1.54, 1.807) is 31.2 Å². The van der Waals surface area contributed by atoms with Crippen LogP contribution in [0.1, 0.15) is 30.6 Å². The van der Waals surface area contributed by atoms with Gasteiger partial charge in [-0.2, -0.15) is 0 Å². The second kappa shape index (κ2) is 7.53. The van der Waals surface area contributed by atoms with Gasteiger partial charge in [0.15, 0.2) is 0 Å². The van der Waals surface area contributed by atoms with E-state index in [2.05, 4.69) is 5.32 Å². The average molecular weight is 264 g/mol. The molecule has 5 nitrogen and oxygen atoms in total. The Kier molecular flexibility index (Phi) is 6.02. The second-order valence-corrected chi connectivity index (χ2v) is 4.27. The zero-order valence-electron chi connectivity index (χ0n) is 11.3. The van der Waals surface area contributed by atoms with E-state index in [4.69, 9.17) is 10.5 Å². The fourth-order valence-corrected chi connectivity index (χ4v) is 1.58. The Morgan fingerprint density at radius 2 is 2.16 bits per heavy atom. The minimum atomic E-state index is -0.395. The predicted octanol–water partition coefficient (Wildman–Crippen LogP) is 1.79. The molecule has 0 aliphatic rings. The van der Waals surface area contributed by atoms with Crippen LogP contribution in [0.3, 0.4) is 0 Å². The van der Waals surface area contributed by atoms with Gasteiger partial charge in [0, 0.05) is 11.6 Å². The van der Waals surface area contributed by atoms with Gasteiger partial charge in [0.05, 0.1) is 12.2 Å². The maximum atomic E-state index is 11.8. The Hall–Kier alpha value is -1.88. The van der Waals surface area contributed by atoms with Gasteiger partial charge in [-0.25, -0.2) is 4.79 Å². The number of ether oxygens (including phenoxy) is 1. The minimum absolute atomic E-state index is 0.105. The summed E-state index contributed by atoms with van der Waals surface area (Å²) in [4.78, 5) is 23.4. The Morgan fingerprint density at radius 3 is 2.79 bits per heavy atom. The molecule has 1 amide bonds. The molecule has 3 N–H and O–H groups in total. The molecule has 19 heavy (non-hydrogen) atoms. The van der Waals surface area contributed by atoms with Crippen LogP contribution in [-0.2, 0) is 9.53 Å². The number of hydrogen-bond acceptors (Lipinski definition) is 4. The number of benzene rings is 1. The highest BCUT2D eigenvalue weighted by atomic mass is 16.5. The number of rotatable bonds is 6. The highest BCUT2D eigenvalue weighted by molar-refractivity contribution is 5.95. The standard InChI is InChI=1S/C14H20N2O3/c1-3-19-14(18)11-5-4-6-12(9-11)16-13(17)10(2)7-8-15/h4-6,9-10H,3,7-8,15H2,1-2H3,(H,16,17). The summed E-state index contributed by atoms with van der Waals surface area (Å²) < 4.78 is 4.91. The molecular weight excluding hydrogens is 244 g/mol. The Bertz CT molecular complexity index is 446. The SMILES string of the molecule is CCOC(=O)c1cccc(NC(=O)C(C)CCN)c1. The quantitative estimate of drug-likeness (QED) is 0.767. The first-order chi connectivity index (χ1) is 9.08. The molecule has 1 atom stereocenters. The first kappa shape index (κ1) is 15.2. The minimum Gasteiger partial charge on any atom is -0.462 e. The first-order valence-electron chi connectivity index (χ1n) is 6.36. The molecule has 0 heterocycles. The Labute approximate surface area is 113 Å². The molecule has 104 valence electrons. The van der Waals surface area contributed by atoms with Crippen LogP contribution in [0.2, 0.25) is 0 Å². The number of carbonyl (C=O) groups excluding carboxylic acids is 2. The second-order valence-electron chi connectivity index (χ2n) is 4.27. The fourth-order valence-electron chi connectivity index (χ4n) is 1.58. The molecule has 1 unspecified atom stereocenters. The maximum absolute atomic E-state index is 11.8. The van der Waals surface area contributed by atoms with Crippen LogP contribution in [0.4, 0.5) is 5.69 Å². The lowest BCUT2D eigenvalue weighted by atomic mass is 10.1. The topological polar surface area (TPSA) is 81.4 Å². The zero-order chi connectivity index (χ0) is 14.3. The largest absolute Gasteiger partial charge is 0.462 e. The van der Waals surface area contributed by atoms with Crippen molar-refractivity contribution in [3.05, 3.63) is 29.8 Å². The number of nitrogens with two attached hydrogens (primary N) is 1. The third kappa shape index (κ3) is 4.71. The summed E-state index contributed by atoms with van der Waals surface area (Å²) in [7, 11) is 0. The highest BCUT2D eigenvalue weighted by Gasteiger charge is 2.13. The average Bonchev–Trinajstić information content (AvgIpc) is 2.39. The lowest BCUT2D eigenvalue weighted by Crippen LogP contribution is -2.22. The van der Waals surface area contributed by atoms with Crippen molar-refractivity contribution < 1.29 is 14.3 Å². The van der Waals surface area contributed by atoms with Crippen LogP contribution in [0.15, 0.2) is 24.3 Å². The fraction of sp³-hybridized carbons (Fsp3) is 0.429. The summed E-state index contributed by atoms with van der Waals surface area (Å²) >= 11 is 0. The number of anilines is 1. The lowest BCUT2D eigenvalue weighted by molar-refractivity contribution is -0.119. The third-order valence-electron chi connectivity index (χ3n) is 2.69. The van der Waals surface area contributed by atoms with Crippen molar-refractivity contribution in [3.8, 4) is 0 Å². The number of carbonyl (C=O) groups is 2. The van der Waals surface area contributed by atoms with E-state index >= 15 is 0 Å². The van der Waals surface area contributed by atoms with Crippen LogP contribution >= 0.6 is 0 Å². The molecule has 5 heteroatoms. The van der Waals surface area contributed by atoms with Gasteiger partial charge in [0.25, 0.3) is 0 Å². The monoisotopic (exact) mass is 264 g/mol. The Balaban J connectivity index is 2.72. The molecule has 0 fully saturated rings. The first-order valence-corrected chi connectivity index (χ1v) is 6.36. The van der Waals surface area contributed by atoms with Crippen molar-refractivity contribution in [3.63, 3.8) is 0 Å². The number of hydrogen-bond donors (Lipinski definition) is 2. The molecule has 0 aliphatic carbocycles. The normalized spacial score (nSPS) is 11.7. The summed E-state index contributed by atoms with van der Waals surface area (Å²) in [5, 5.41) is 2.76. The summed E-state index contributed by atoms with van der Waals surface area (Å²) in [6.45, 7) is 4.36. The van der Waals surface area contributed by atoms with E-state index in [1.807, 2.05) is 6.92 Å². The van der Waals surface area contributed by atoms with Crippen LogP contribution in [0.25, 0.3) is 0 Å². The van der Waals surface area contributed by atoms with E-state index in [0.29, 0.717) is 30.8 Å². The van der Waals surface area contributed by atoms with Crippen LogP contribution < -0.4 is 11.1 Å². The molecule has 0 aliphatic heterocycles. The number of nitrogens with one attached hydrogen (secondary N) is 1. The van der Waals surface area contributed by atoms with Crippen molar-refractivity contribution in [2.75, 3.05) is 18.5 Å². The zero-order valence-corrected chi connectivity index (χ0v) is 11.3. The smallest absolute Gasteiger partial charge is 0.338 e. The molecule has 1 rings (SSSR count). The highest BCUT2D eigenvalue weighted by Crippen LogP contribution is 2.13. The van der Waals surface area contributed by atoms with Gasteiger partial charge in [0.1, 0.15) is 0 Å². The van der Waals surface area contributed by atoms with Crippen LogP contribution in [-0.4, -0.2) is 25.0 Å². The third-order valence-corrected chi connectivity index (χ3v) is 2.69. The molecule has 0 spiro atoms. The molecule has 0 aromatic heterocycles. The number of esters is 1. The van der Waals surface area contributed by atoms with Crippen LogP contribution in [0, 0.1) is 5.92 Å².